The molecular weight excluding hydrogens is 230 g/mol. The Kier molecular flexibility index (Phi) is 4.03. The highest BCUT2D eigenvalue weighted by Crippen LogP contribution is 2.00. The molecule has 0 aromatic heterocycles. The molecule has 2 N–H and O–H groups in total. The van der Waals surface area contributed by atoms with Gasteiger partial charge in [-0.05, 0) is 12.5 Å². The fraction of sp³-hybridized carbons (Fsp3) is 0.300. The Morgan fingerprint density at radius 3 is 2.44 bits per heavy atom. The molecule has 6 heteroatoms. The number of carbonyl (C=O) groups is 1. The van der Waals surface area contributed by atoms with Gasteiger partial charge in [-0.25, -0.2) is 0 Å². The van der Waals surface area contributed by atoms with E-state index in [9.17, 15) is 13.2 Å². The Bertz CT molecular complexity index is 455. The number of hydrogen-bond acceptors (Lipinski definition) is 3. The lowest BCUT2D eigenvalue weighted by molar-refractivity contribution is -0.120. The third-order valence-electron chi connectivity index (χ3n) is 2.02. The van der Waals surface area contributed by atoms with Crippen molar-refractivity contribution in [2.45, 2.75) is 18.7 Å². The molecule has 1 amide bonds. The van der Waals surface area contributed by atoms with Crippen LogP contribution in [0.1, 0.15) is 12.5 Å². The van der Waals surface area contributed by atoms with Gasteiger partial charge in [-0.15, -0.1) is 0 Å². The molecule has 1 atom stereocenters. The van der Waals surface area contributed by atoms with Crippen LogP contribution < -0.4 is 5.32 Å². The highest BCUT2D eigenvalue weighted by Gasteiger charge is 2.19. The Labute approximate surface area is 94.2 Å². The topological polar surface area (TPSA) is 83.5 Å². The maximum absolute atomic E-state index is 11.4. The summed E-state index contributed by atoms with van der Waals surface area (Å²) in [6.07, 6.45) is 0.0840. The lowest BCUT2D eigenvalue weighted by atomic mass is 10.1. The van der Waals surface area contributed by atoms with E-state index in [1.165, 1.54) is 6.92 Å². The number of nitrogens with one attached hydrogen (secondary N) is 1. The van der Waals surface area contributed by atoms with Crippen molar-refractivity contribution in [3.05, 3.63) is 35.9 Å². The Balaban J connectivity index is 2.56. The van der Waals surface area contributed by atoms with Crippen LogP contribution in [0.15, 0.2) is 30.3 Å². The quantitative estimate of drug-likeness (QED) is 0.758. The van der Waals surface area contributed by atoms with Crippen LogP contribution in [0, 0.1) is 0 Å². The Hall–Kier alpha value is -1.40. The van der Waals surface area contributed by atoms with Crippen LogP contribution >= 0.6 is 0 Å². The van der Waals surface area contributed by atoms with Gasteiger partial charge in [-0.2, -0.15) is 8.42 Å². The second-order valence-corrected chi connectivity index (χ2v) is 5.12. The van der Waals surface area contributed by atoms with Gasteiger partial charge in [0.15, 0.2) is 5.37 Å². The van der Waals surface area contributed by atoms with Gasteiger partial charge in [0.25, 0.3) is 10.1 Å². The fourth-order valence-electron chi connectivity index (χ4n) is 1.13. The predicted molar refractivity (Wildman–Crippen MR) is 59.3 cm³/mol. The van der Waals surface area contributed by atoms with E-state index in [1.807, 2.05) is 6.07 Å². The van der Waals surface area contributed by atoms with Crippen LogP contribution in [-0.2, 0) is 21.3 Å². The fourth-order valence-corrected chi connectivity index (χ4v) is 1.41. The standard InChI is InChI=1S/C10H13NO4S/c1-8(16(13,14)15)11-10(12)7-9-5-3-2-4-6-9/h2-6,8H,7H2,1H3,(H,11,12)(H,13,14,15). The van der Waals surface area contributed by atoms with Gasteiger partial charge in [-0.1, -0.05) is 30.3 Å². The number of amides is 1. The molecule has 0 spiro atoms. The van der Waals surface area contributed by atoms with Gasteiger partial charge < -0.3 is 5.32 Å². The van der Waals surface area contributed by atoms with E-state index in [-0.39, 0.29) is 6.42 Å². The molecule has 5 nitrogen and oxygen atoms in total. The normalized spacial score (nSPS) is 13.1. The number of benzene rings is 1. The number of carbonyl (C=O) groups excluding carboxylic acids is 1. The van der Waals surface area contributed by atoms with Crippen molar-refractivity contribution in [2.24, 2.45) is 0 Å². The first-order chi connectivity index (χ1) is 7.39. The predicted octanol–water partition coefficient (Wildman–Crippen LogP) is 0.579. The second-order valence-electron chi connectivity index (χ2n) is 3.39. The van der Waals surface area contributed by atoms with Gasteiger partial charge in [-0.3, -0.25) is 9.35 Å². The zero-order valence-corrected chi connectivity index (χ0v) is 9.57. The molecule has 0 saturated heterocycles. The molecule has 0 bridgehead atoms. The maximum atomic E-state index is 11.4. The second kappa shape index (κ2) is 5.09. The van der Waals surface area contributed by atoms with Crippen molar-refractivity contribution in [1.82, 2.24) is 5.32 Å². The summed E-state index contributed by atoms with van der Waals surface area (Å²) in [6.45, 7) is 1.21. The van der Waals surface area contributed by atoms with Crippen molar-refractivity contribution in [1.29, 1.82) is 0 Å². The number of rotatable bonds is 4. The van der Waals surface area contributed by atoms with Gasteiger partial charge >= 0.3 is 0 Å². The van der Waals surface area contributed by atoms with Crippen molar-refractivity contribution >= 4 is 16.0 Å². The van der Waals surface area contributed by atoms with Crippen molar-refractivity contribution < 1.29 is 17.8 Å². The maximum Gasteiger partial charge on any atom is 0.285 e. The third kappa shape index (κ3) is 4.00. The highest BCUT2D eigenvalue weighted by atomic mass is 32.2. The molecule has 0 fully saturated rings. The first-order valence-corrected chi connectivity index (χ1v) is 6.19. The Morgan fingerprint density at radius 2 is 1.94 bits per heavy atom. The summed E-state index contributed by atoms with van der Waals surface area (Å²) in [7, 11) is -4.22. The zero-order valence-electron chi connectivity index (χ0n) is 8.75. The van der Waals surface area contributed by atoms with Crippen LogP contribution in [0.25, 0.3) is 0 Å². The van der Waals surface area contributed by atoms with Crippen molar-refractivity contribution in [2.75, 3.05) is 0 Å². The molecule has 0 aliphatic rings. The van der Waals surface area contributed by atoms with E-state index in [2.05, 4.69) is 5.32 Å². The molecule has 1 rings (SSSR count). The summed E-state index contributed by atoms with van der Waals surface area (Å²) in [5, 5.41) is 0.903. The molecule has 1 aromatic carbocycles. The van der Waals surface area contributed by atoms with E-state index in [0.29, 0.717) is 0 Å². The zero-order chi connectivity index (χ0) is 12.2. The minimum absolute atomic E-state index is 0.0840. The molecule has 1 aromatic rings. The molecule has 16 heavy (non-hydrogen) atoms. The molecule has 0 saturated carbocycles. The molecular formula is C10H13NO4S. The molecule has 0 aliphatic carbocycles. The van der Waals surface area contributed by atoms with Gasteiger partial charge in [0, 0.05) is 0 Å². The van der Waals surface area contributed by atoms with Crippen molar-refractivity contribution in [3.8, 4) is 0 Å². The average molecular weight is 243 g/mol. The van der Waals surface area contributed by atoms with E-state index in [4.69, 9.17) is 4.55 Å². The first kappa shape index (κ1) is 12.7. The van der Waals surface area contributed by atoms with E-state index in [0.717, 1.165) is 5.56 Å². The smallest absolute Gasteiger partial charge is 0.285 e. The summed E-state index contributed by atoms with van der Waals surface area (Å²) < 4.78 is 30.0. The average Bonchev–Trinajstić information content (AvgIpc) is 2.17. The largest absolute Gasteiger partial charge is 0.338 e. The van der Waals surface area contributed by atoms with Gasteiger partial charge in [0.05, 0.1) is 6.42 Å². The SMILES string of the molecule is CC(NC(=O)Cc1ccccc1)S(=O)(=O)O. The summed E-state index contributed by atoms with van der Waals surface area (Å²) in [5.74, 6) is -0.448. The minimum Gasteiger partial charge on any atom is -0.338 e. The lowest BCUT2D eigenvalue weighted by Crippen LogP contribution is -2.38. The summed E-state index contributed by atoms with van der Waals surface area (Å²) in [4.78, 5) is 11.4. The molecule has 88 valence electrons. The van der Waals surface area contributed by atoms with Crippen molar-refractivity contribution in [3.63, 3.8) is 0 Å². The van der Waals surface area contributed by atoms with E-state index >= 15 is 0 Å². The van der Waals surface area contributed by atoms with E-state index < -0.39 is 21.4 Å². The highest BCUT2D eigenvalue weighted by molar-refractivity contribution is 7.86. The minimum atomic E-state index is -4.22. The molecule has 0 heterocycles. The van der Waals surface area contributed by atoms with Crippen LogP contribution in [-0.4, -0.2) is 24.3 Å². The monoisotopic (exact) mass is 243 g/mol. The molecule has 0 radical (unpaired) electrons. The molecule has 0 aliphatic heterocycles. The summed E-state index contributed by atoms with van der Waals surface area (Å²) in [5.41, 5.74) is 0.780. The van der Waals surface area contributed by atoms with Crippen LogP contribution in [0.4, 0.5) is 0 Å². The Morgan fingerprint density at radius 1 is 1.38 bits per heavy atom. The van der Waals surface area contributed by atoms with E-state index in [1.54, 1.807) is 24.3 Å². The van der Waals surface area contributed by atoms with Gasteiger partial charge in [0.2, 0.25) is 5.91 Å². The van der Waals surface area contributed by atoms with Crippen LogP contribution in [0.3, 0.4) is 0 Å². The lowest BCUT2D eigenvalue weighted by Gasteiger charge is -2.10. The first-order valence-electron chi connectivity index (χ1n) is 4.69. The van der Waals surface area contributed by atoms with Gasteiger partial charge in [0.1, 0.15) is 0 Å². The summed E-state index contributed by atoms with van der Waals surface area (Å²) in [6, 6.07) is 8.92. The summed E-state index contributed by atoms with van der Waals surface area (Å²) >= 11 is 0. The number of hydrogen-bond donors (Lipinski definition) is 2. The molecule has 1 unspecified atom stereocenters. The van der Waals surface area contributed by atoms with Crippen LogP contribution in [0.5, 0.6) is 0 Å². The third-order valence-corrected chi connectivity index (χ3v) is 3.03. The van der Waals surface area contributed by atoms with Crippen LogP contribution in [0.2, 0.25) is 0 Å².